The van der Waals surface area contributed by atoms with Crippen molar-refractivity contribution in [3.05, 3.63) is 56.5 Å². The van der Waals surface area contributed by atoms with Gasteiger partial charge in [-0.15, -0.1) is 0 Å². The van der Waals surface area contributed by atoms with Crippen LogP contribution in [0.25, 0.3) is 0 Å². The summed E-state index contributed by atoms with van der Waals surface area (Å²) in [5.41, 5.74) is 1.86. The first-order valence-electron chi connectivity index (χ1n) is 9.23. The summed E-state index contributed by atoms with van der Waals surface area (Å²) >= 11 is 18.6. The Labute approximate surface area is 175 Å². The minimum Gasteiger partial charge on any atom is -0.493 e. The van der Waals surface area contributed by atoms with Crippen molar-refractivity contribution in [2.75, 3.05) is 7.11 Å². The Balaban J connectivity index is 1.67. The summed E-state index contributed by atoms with van der Waals surface area (Å²) in [5, 5.41) is 5.44. The second kappa shape index (κ2) is 9.88. The second-order valence-electron chi connectivity index (χ2n) is 6.83. The van der Waals surface area contributed by atoms with E-state index in [2.05, 4.69) is 5.32 Å². The first kappa shape index (κ1) is 20.6. The van der Waals surface area contributed by atoms with E-state index in [0.29, 0.717) is 39.2 Å². The molecule has 2 aromatic carbocycles. The van der Waals surface area contributed by atoms with Crippen LogP contribution in [0.15, 0.2) is 30.3 Å². The number of hydrogen-bond acceptors (Lipinski definition) is 3. The van der Waals surface area contributed by atoms with Crippen LogP contribution in [0.3, 0.4) is 0 Å². The summed E-state index contributed by atoms with van der Waals surface area (Å²) in [6, 6.07) is 9.66. The van der Waals surface area contributed by atoms with E-state index in [0.717, 1.165) is 17.7 Å². The van der Waals surface area contributed by atoms with E-state index in [-0.39, 0.29) is 0 Å². The van der Waals surface area contributed by atoms with Gasteiger partial charge in [-0.2, -0.15) is 0 Å². The lowest BCUT2D eigenvalue weighted by molar-refractivity contribution is 0.284. The van der Waals surface area contributed by atoms with Gasteiger partial charge in [0.05, 0.1) is 7.11 Å². The van der Waals surface area contributed by atoms with Gasteiger partial charge in [0.25, 0.3) is 0 Å². The quantitative estimate of drug-likeness (QED) is 0.535. The summed E-state index contributed by atoms with van der Waals surface area (Å²) in [6.45, 7) is 1.03. The summed E-state index contributed by atoms with van der Waals surface area (Å²) < 4.78 is 11.4. The SMILES string of the molecule is COc1cc(CNC2CCCCC2)c(Cl)cc1OCc1ccc(Cl)cc1Cl. The lowest BCUT2D eigenvalue weighted by atomic mass is 9.95. The molecule has 0 unspecified atom stereocenters. The maximum absolute atomic E-state index is 6.49. The molecule has 0 amide bonds. The van der Waals surface area contributed by atoms with Gasteiger partial charge in [0, 0.05) is 39.3 Å². The highest BCUT2D eigenvalue weighted by atomic mass is 35.5. The van der Waals surface area contributed by atoms with E-state index >= 15 is 0 Å². The van der Waals surface area contributed by atoms with E-state index < -0.39 is 0 Å². The van der Waals surface area contributed by atoms with Gasteiger partial charge in [0.1, 0.15) is 6.61 Å². The first-order valence-corrected chi connectivity index (χ1v) is 10.4. The van der Waals surface area contributed by atoms with Gasteiger partial charge in [-0.3, -0.25) is 0 Å². The minimum atomic E-state index is 0.308. The normalized spacial score (nSPS) is 15.0. The van der Waals surface area contributed by atoms with E-state index in [4.69, 9.17) is 44.3 Å². The molecule has 6 heteroatoms. The Hall–Kier alpha value is -1.13. The van der Waals surface area contributed by atoms with Crippen molar-refractivity contribution < 1.29 is 9.47 Å². The summed E-state index contributed by atoms with van der Waals surface area (Å²) in [5.74, 6) is 1.25. The third-order valence-electron chi connectivity index (χ3n) is 4.92. The van der Waals surface area contributed by atoms with Crippen LogP contribution in [0.1, 0.15) is 43.2 Å². The molecular weight excluding hydrogens is 405 g/mol. The van der Waals surface area contributed by atoms with Crippen LogP contribution in [0.4, 0.5) is 0 Å². The van der Waals surface area contributed by atoms with Crippen molar-refractivity contribution >= 4 is 34.8 Å². The van der Waals surface area contributed by atoms with Crippen LogP contribution in [-0.2, 0) is 13.2 Å². The van der Waals surface area contributed by atoms with Crippen LogP contribution >= 0.6 is 34.8 Å². The average Bonchev–Trinajstić information content (AvgIpc) is 2.67. The van der Waals surface area contributed by atoms with Gasteiger partial charge < -0.3 is 14.8 Å². The van der Waals surface area contributed by atoms with Crippen molar-refractivity contribution in [3.8, 4) is 11.5 Å². The average molecular weight is 429 g/mol. The molecule has 0 saturated heterocycles. The maximum atomic E-state index is 6.49. The monoisotopic (exact) mass is 427 g/mol. The smallest absolute Gasteiger partial charge is 0.163 e. The fraction of sp³-hybridized carbons (Fsp3) is 0.429. The highest BCUT2D eigenvalue weighted by Gasteiger charge is 2.15. The van der Waals surface area contributed by atoms with E-state index in [1.165, 1.54) is 32.1 Å². The highest BCUT2D eigenvalue weighted by Crippen LogP contribution is 2.34. The Kier molecular flexibility index (Phi) is 7.54. The molecule has 1 aliphatic rings. The molecule has 27 heavy (non-hydrogen) atoms. The summed E-state index contributed by atoms with van der Waals surface area (Å²) in [6.07, 6.45) is 6.41. The number of nitrogens with one attached hydrogen (secondary N) is 1. The van der Waals surface area contributed by atoms with Crippen LogP contribution in [0.2, 0.25) is 15.1 Å². The standard InChI is InChI=1S/C21H24Cl3NO2/c1-26-20-9-15(12-25-17-5-3-2-4-6-17)19(24)11-21(20)27-13-14-7-8-16(22)10-18(14)23/h7-11,17,25H,2-6,12-13H2,1H3. The van der Waals surface area contributed by atoms with Crippen molar-refractivity contribution in [1.29, 1.82) is 0 Å². The van der Waals surface area contributed by atoms with E-state index in [1.54, 1.807) is 19.2 Å². The lowest BCUT2D eigenvalue weighted by Crippen LogP contribution is -2.30. The van der Waals surface area contributed by atoms with Crippen LogP contribution in [0.5, 0.6) is 11.5 Å². The number of ether oxygens (including phenoxy) is 2. The molecule has 0 aromatic heterocycles. The zero-order valence-electron chi connectivity index (χ0n) is 15.4. The predicted molar refractivity (Wildman–Crippen MR) is 113 cm³/mol. The van der Waals surface area contributed by atoms with E-state index in [1.807, 2.05) is 18.2 Å². The first-order chi connectivity index (χ1) is 13.1. The van der Waals surface area contributed by atoms with Gasteiger partial charge >= 0.3 is 0 Å². The van der Waals surface area contributed by atoms with Crippen molar-refractivity contribution in [1.82, 2.24) is 5.32 Å². The zero-order valence-corrected chi connectivity index (χ0v) is 17.6. The number of methoxy groups -OCH3 is 1. The van der Waals surface area contributed by atoms with Gasteiger partial charge in [0.2, 0.25) is 0 Å². The van der Waals surface area contributed by atoms with Gasteiger partial charge in [0.15, 0.2) is 11.5 Å². The van der Waals surface area contributed by atoms with Gasteiger partial charge in [-0.05, 0) is 36.6 Å². The Bertz CT molecular complexity index is 776. The fourth-order valence-corrected chi connectivity index (χ4v) is 4.02. The maximum Gasteiger partial charge on any atom is 0.163 e. The summed E-state index contributed by atoms with van der Waals surface area (Å²) in [4.78, 5) is 0. The molecule has 0 bridgehead atoms. The Morgan fingerprint density at radius 1 is 0.926 bits per heavy atom. The predicted octanol–water partition coefficient (Wildman–Crippen LogP) is 6.66. The highest BCUT2D eigenvalue weighted by molar-refractivity contribution is 6.35. The molecule has 0 spiro atoms. The molecule has 1 N–H and O–H groups in total. The largest absolute Gasteiger partial charge is 0.493 e. The number of rotatable bonds is 7. The molecule has 1 aliphatic carbocycles. The van der Waals surface area contributed by atoms with Gasteiger partial charge in [-0.25, -0.2) is 0 Å². The van der Waals surface area contributed by atoms with Crippen LogP contribution in [0, 0.1) is 0 Å². The molecule has 1 saturated carbocycles. The topological polar surface area (TPSA) is 30.5 Å². The Morgan fingerprint density at radius 2 is 1.67 bits per heavy atom. The zero-order chi connectivity index (χ0) is 19.2. The molecule has 1 fully saturated rings. The lowest BCUT2D eigenvalue weighted by Gasteiger charge is -2.23. The third kappa shape index (κ3) is 5.68. The number of benzene rings is 2. The van der Waals surface area contributed by atoms with Crippen molar-refractivity contribution in [2.24, 2.45) is 0 Å². The van der Waals surface area contributed by atoms with E-state index in [9.17, 15) is 0 Å². The third-order valence-corrected chi connectivity index (χ3v) is 5.86. The molecule has 0 heterocycles. The summed E-state index contributed by atoms with van der Waals surface area (Å²) in [7, 11) is 1.63. The molecule has 0 aliphatic heterocycles. The molecule has 3 rings (SSSR count). The number of hydrogen-bond donors (Lipinski definition) is 1. The molecule has 3 nitrogen and oxygen atoms in total. The molecule has 146 valence electrons. The van der Waals surface area contributed by atoms with Crippen molar-refractivity contribution in [2.45, 2.75) is 51.3 Å². The second-order valence-corrected chi connectivity index (χ2v) is 8.09. The van der Waals surface area contributed by atoms with Crippen LogP contribution < -0.4 is 14.8 Å². The molecule has 2 aromatic rings. The van der Waals surface area contributed by atoms with Gasteiger partial charge in [-0.1, -0.05) is 60.1 Å². The Morgan fingerprint density at radius 3 is 2.37 bits per heavy atom. The van der Waals surface area contributed by atoms with Crippen molar-refractivity contribution in [3.63, 3.8) is 0 Å². The fourth-order valence-electron chi connectivity index (χ4n) is 3.34. The molecule has 0 atom stereocenters. The minimum absolute atomic E-state index is 0.308. The molecular formula is C21H24Cl3NO2. The molecule has 0 radical (unpaired) electrons. The number of halogens is 3. The van der Waals surface area contributed by atoms with Crippen LogP contribution in [-0.4, -0.2) is 13.2 Å².